The van der Waals surface area contributed by atoms with Crippen LogP contribution >= 0.6 is 0 Å². The summed E-state index contributed by atoms with van der Waals surface area (Å²) in [5.74, 6) is 2.80. The SMILES string of the molecule is CC1CCCN(c2nccc(N3CCCCC3)n2)C1. The van der Waals surface area contributed by atoms with Gasteiger partial charge in [0.15, 0.2) is 0 Å². The minimum absolute atomic E-state index is 0.760. The van der Waals surface area contributed by atoms with Crippen molar-refractivity contribution in [3.05, 3.63) is 12.3 Å². The van der Waals surface area contributed by atoms with E-state index in [2.05, 4.69) is 27.8 Å². The van der Waals surface area contributed by atoms with E-state index >= 15 is 0 Å². The lowest BCUT2D eigenvalue weighted by atomic mass is 10.0. The standard InChI is InChI=1S/C15H24N4/c1-13-6-5-11-19(12-13)15-16-8-7-14(17-15)18-9-3-2-4-10-18/h7-8,13H,2-6,9-12H2,1H3. The van der Waals surface area contributed by atoms with Crippen molar-refractivity contribution in [3.8, 4) is 0 Å². The first-order valence-corrected chi connectivity index (χ1v) is 7.66. The zero-order valence-electron chi connectivity index (χ0n) is 11.9. The highest BCUT2D eigenvalue weighted by Crippen LogP contribution is 2.23. The summed E-state index contributed by atoms with van der Waals surface area (Å²) in [4.78, 5) is 14.0. The van der Waals surface area contributed by atoms with Crippen LogP contribution in [0.2, 0.25) is 0 Å². The molecule has 1 aromatic heterocycles. The van der Waals surface area contributed by atoms with Crippen LogP contribution in [0.4, 0.5) is 11.8 Å². The highest BCUT2D eigenvalue weighted by atomic mass is 15.3. The second-order valence-electron chi connectivity index (χ2n) is 5.96. The Hall–Kier alpha value is -1.32. The van der Waals surface area contributed by atoms with Crippen molar-refractivity contribution >= 4 is 11.8 Å². The van der Waals surface area contributed by atoms with Crippen molar-refractivity contribution in [2.24, 2.45) is 5.92 Å². The summed E-state index contributed by atoms with van der Waals surface area (Å²) in [7, 11) is 0. The summed E-state index contributed by atoms with van der Waals surface area (Å²) in [6.45, 7) is 6.82. The van der Waals surface area contributed by atoms with Crippen LogP contribution in [-0.4, -0.2) is 36.1 Å². The van der Waals surface area contributed by atoms with E-state index in [1.165, 1.54) is 32.1 Å². The van der Waals surface area contributed by atoms with Crippen LogP contribution in [0, 0.1) is 5.92 Å². The average molecular weight is 260 g/mol. The lowest BCUT2D eigenvalue weighted by molar-refractivity contribution is 0.442. The highest BCUT2D eigenvalue weighted by molar-refractivity contribution is 5.44. The van der Waals surface area contributed by atoms with Gasteiger partial charge in [-0.1, -0.05) is 6.92 Å². The fourth-order valence-corrected chi connectivity index (χ4v) is 3.16. The molecule has 0 amide bonds. The zero-order valence-corrected chi connectivity index (χ0v) is 11.9. The van der Waals surface area contributed by atoms with E-state index in [9.17, 15) is 0 Å². The van der Waals surface area contributed by atoms with Gasteiger partial charge in [0.05, 0.1) is 0 Å². The van der Waals surface area contributed by atoms with E-state index in [0.29, 0.717) is 0 Å². The van der Waals surface area contributed by atoms with Gasteiger partial charge in [-0.05, 0) is 44.1 Å². The molecule has 2 saturated heterocycles. The van der Waals surface area contributed by atoms with Gasteiger partial charge in [-0.15, -0.1) is 0 Å². The maximum Gasteiger partial charge on any atom is 0.227 e. The molecule has 0 aromatic carbocycles. The third-order valence-corrected chi connectivity index (χ3v) is 4.25. The Kier molecular flexibility index (Phi) is 3.85. The first-order chi connectivity index (χ1) is 9.33. The third kappa shape index (κ3) is 2.99. The number of hydrogen-bond donors (Lipinski definition) is 0. The number of piperidine rings is 2. The van der Waals surface area contributed by atoms with Crippen LogP contribution in [0.5, 0.6) is 0 Å². The molecule has 1 unspecified atom stereocenters. The molecule has 1 atom stereocenters. The largest absolute Gasteiger partial charge is 0.356 e. The molecule has 104 valence electrons. The lowest BCUT2D eigenvalue weighted by Crippen LogP contribution is -2.36. The van der Waals surface area contributed by atoms with Crippen molar-refractivity contribution in [3.63, 3.8) is 0 Å². The van der Waals surface area contributed by atoms with Gasteiger partial charge in [0.2, 0.25) is 5.95 Å². The predicted molar refractivity (Wildman–Crippen MR) is 78.7 cm³/mol. The fourth-order valence-electron chi connectivity index (χ4n) is 3.16. The Labute approximate surface area is 115 Å². The van der Waals surface area contributed by atoms with E-state index in [1.54, 1.807) is 0 Å². The Balaban J connectivity index is 1.75. The summed E-state index contributed by atoms with van der Waals surface area (Å²) in [5.41, 5.74) is 0. The molecule has 1 aromatic rings. The number of aromatic nitrogens is 2. The van der Waals surface area contributed by atoms with Gasteiger partial charge >= 0.3 is 0 Å². The molecular weight excluding hydrogens is 236 g/mol. The molecule has 0 spiro atoms. The number of rotatable bonds is 2. The Morgan fingerprint density at radius 3 is 2.63 bits per heavy atom. The first-order valence-electron chi connectivity index (χ1n) is 7.66. The van der Waals surface area contributed by atoms with Crippen molar-refractivity contribution in [2.45, 2.75) is 39.0 Å². The number of hydrogen-bond acceptors (Lipinski definition) is 4. The molecule has 0 aliphatic carbocycles. The van der Waals surface area contributed by atoms with Crippen molar-refractivity contribution in [1.29, 1.82) is 0 Å². The van der Waals surface area contributed by atoms with Crippen molar-refractivity contribution < 1.29 is 0 Å². The van der Waals surface area contributed by atoms with Gasteiger partial charge in [-0.25, -0.2) is 4.98 Å². The normalized spacial score (nSPS) is 24.6. The Morgan fingerprint density at radius 2 is 1.84 bits per heavy atom. The molecule has 4 nitrogen and oxygen atoms in total. The molecule has 2 fully saturated rings. The average Bonchev–Trinajstić information content (AvgIpc) is 2.48. The summed E-state index contributed by atoms with van der Waals surface area (Å²) in [5, 5.41) is 0. The summed E-state index contributed by atoms with van der Waals surface area (Å²) in [6, 6.07) is 2.06. The van der Waals surface area contributed by atoms with E-state index in [1.807, 2.05) is 6.20 Å². The molecule has 4 heteroatoms. The van der Waals surface area contributed by atoms with Gasteiger partial charge in [0.1, 0.15) is 5.82 Å². The second kappa shape index (κ2) is 5.76. The topological polar surface area (TPSA) is 32.3 Å². The molecule has 0 saturated carbocycles. The van der Waals surface area contributed by atoms with Crippen molar-refractivity contribution in [2.75, 3.05) is 36.0 Å². The molecule has 2 aliphatic rings. The van der Waals surface area contributed by atoms with Crippen LogP contribution in [0.3, 0.4) is 0 Å². The lowest BCUT2D eigenvalue weighted by Gasteiger charge is -2.32. The summed E-state index contributed by atoms with van der Waals surface area (Å²) >= 11 is 0. The first kappa shape index (κ1) is 12.7. The van der Waals surface area contributed by atoms with Crippen LogP contribution in [0.25, 0.3) is 0 Å². The smallest absolute Gasteiger partial charge is 0.227 e. The Morgan fingerprint density at radius 1 is 1.05 bits per heavy atom. The van der Waals surface area contributed by atoms with Gasteiger partial charge in [0, 0.05) is 32.4 Å². The van der Waals surface area contributed by atoms with E-state index < -0.39 is 0 Å². The predicted octanol–water partition coefficient (Wildman–Crippen LogP) is 2.70. The monoisotopic (exact) mass is 260 g/mol. The highest BCUT2D eigenvalue weighted by Gasteiger charge is 2.20. The maximum absolute atomic E-state index is 4.80. The minimum Gasteiger partial charge on any atom is -0.356 e. The van der Waals surface area contributed by atoms with Crippen LogP contribution in [0.1, 0.15) is 39.0 Å². The fraction of sp³-hybridized carbons (Fsp3) is 0.733. The number of anilines is 2. The summed E-state index contributed by atoms with van der Waals surface area (Å²) < 4.78 is 0. The molecule has 3 heterocycles. The van der Waals surface area contributed by atoms with Crippen LogP contribution < -0.4 is 9.80 Å². The van der Waals surface area contributed by atoms with Gasteiger partial charge < -0.3 is 9.80 Å². The van der Waals surface area contributed by atoms with Crippen molar-refractivity contribution in [1.82, 2.24) is 9.97 Å². The molecule has 2 aliphatic heterocycles. The quantitative estimate of drug-likeness (QED) is 0.818. The maximum atomic E-state index is 4.80. The van der Waals surface area contributed by atoms with E-state index in [-0.39, 0.29) is 0 Å². The molecular formula is C15H24N4. The minimum atomic E-state index is 0.760. The van der Waals surface area contributed by atoms with E-state index in [4.69, 9.17) is 4.98 Å². The second-order valence-corrected chi connectivity index (χ2v) is 5.96. The molecule has 19 heavy (non-hydrogen) atoms. The molecule has 0 radical (unpaired) electrons. The van der Waals surface area contributed by atoms with Crippen LogP contribution in [0.15, 0.2) is 12.3 Å². The van der Waals surface area contributed by atoms with Gasteiger partial charge in [-0.3, -0.25) is 0 Å². The van der Waals surface area contributed by atoms with Gasteiger partial charge in [-0.2, -0.15) is 4.98 Å². The zero-order chi connectivity index (χ0) is 13.1. The van der Waals surface area contributed by atoms with Gasteiger partial charge in [0.25, 0.3) is 0 Å². The third-order valence-electron chi connectivity index (χ3n) is 4.25. The summed E-state index contributed by atoms with van der Waals surface area (Å²) in [6.07, 6.45) is 8.46. The molecule has 0 bridgehead atoms. The van der Waals surface area contributed by atoms with Crippen LogP contribution in [-0.2, 0) is 0 Å². The van der Waals surface area contributed by atoms with E-state index in [0.717, 1.165) is 43.9 Å². The Bertz CT molecular complexity index is 414. The molecule has 3 rings (SSSR count). The number of nitrogens with zero attached hydrogens (tertiary/aromatic N) is 4. The molecule has 0 N–H and O–H groups in total.